The van der Waals surface area contributed by atoms with Crippen molar-refractivity contribution in [2.75, 3.05) is 57.0 Å². The summed E-state index contributed by atoms with van der Waals surface area (Å²) in [6.07, 6.45) is 5.36. The number of hydrogen-bond donors (Lipinski definition) is 0. The van der Waals surface area contributed by atoms with Crippen molar-refractivity contribution in [1.29, 1.82) is 0 Å². The number of rotatable bonds is 7. The lowest BCUT2D eigenvalue weighted by Crippen LogP contribution is -2.08. The van der Waals surface area contributed by atoms with E-state index in [9.17, 15) is 9.59 Å². The van der Waals surface area contributed by atoms with Crippen molar-refractivity contribution in [2.24, 2.45) is 0 Å². The molecular weight excluding hydrogens is 506 g/mol. The summed E-state index contributed by atoms with van der Waals surface area (Å²) in [5, 5.41) is 0. The fourth-order valence-electron chi connectivity index (χ4n) is 5.10. The molecule has 1 aliphatic carbocycles. The predicted molar refractivity (Wildman–Crippen MR) is 173 cm³/mol. The lowest BCUT2D eigenvalue weighted by Gasteiger charge is -2.16. The largest absolute Gasteiger partial charge is 0.378 e. The molecule has 0 spiro atoms. The number of allylic oxidation sites excluding steroid dienone is 3. The van der Waals surface area contributed by atoms with Gasteiger partial charge in [0, 0.05) is 70.5 Å². The van der Waals surface area contributed by atoms with E-state index in [1.807, 2.05) is 148 Å². The molecule has 0 radical (unpaired) electrons. The summed E-state index contributed by atoms with van der Waals surface area (Å²) in [6, 6.07) is 28.2. The minimum atomic E-state index is -0.240. The highest BCUT2D eigenvalue weighted by molar-refractivity contribution is 6.42. The van der Waals surface area contributed by atoms with Gasteiger partial charge in [0.25, 0.3) is 0 Å². The first kappa shape index (κ1) is 27.7. The molecule has 1 aliphatic rings. The molecular formula is C36H35N3O2. The number of nitrogens with zero attached hydrogens (tertiary/aromatic N) is 3. The van der Waals surface area contributed by atoms with Crippen molar-refractivity contribution >= 4 is 34.7 Å². The van der Waals surface area contributed by atoms with Gasteiger partial charge in [-0.05, 0) is 70.3 Å². The van der Waals surface area contributed by atoms with Gasteiger partial charge in [0.1, 0.15) is 0 Å². The molecule has 0 aliphatic heterocycles. The normalized spacial score (nSPS) is 12.6. The Morgan fingerprint density at radius 3 is 1.22 bits per heavy atom. The molecule has 0 bridgehead atoms. The molecule has 0 saturated heterocycles. The second kappa shape index (κ2) is 11.3. The van der Waals surface area contributed by atoms with Crippen LogP contribution in [-0.4, -0.2) is 53.9 Å². The molecule has 5 nitrogen and oxygen atoms in total. The molecule has 0 amide bonds. The predicted octanol–water partition coefficient (Wildman–Crippen LogP) is 7.24. The molecule has 0 unspecified atom stereocenters. The number of Topliss-reactive ketones (excluding diaryl/α,β-unsaturated/α-hetero) is 2. The summed E-state index contributed by atoms with van der Waals surface area (Å²) in [6.45, 7) is 0. The molecule has 0 atom stereocenters. The van der Waals surface area contributed by atoms with Crippen molar-refractivity contribution in [1.82, 2.24) is 0 Å². The van der Waals surface area contributed by atoms with Crippen LogP contribution in [0.1, 0.15) is 26.3 Å². The molecule has 5 rings (SSSR count). The maximum Gasteiger partial charge on any atom is 0.198 e. The van der Waals surface area contributed by atoms with E-state index in [2.05, 4.69) is 0 Å². The van der Waals surface area contributed by atoms with Gasteiger partial charge in [-0.3, -0.25) is 9.59 Å². The molecule has 206 valence electrons. The van der Waals surface area contributed by atoms with Gasteiger partial charge in [-0.2, -0.15) is 0 Å². The summed E-state index contributed by atoms with van der Waals surface area (Å²) in [5.41, 5.74) is 8.69. The summed E-state index contributed by atoms with van der Waals surface area (Å²) >= 11 is 0. The SMILES string of the molecule is CN(C)c1ccc(/C=C/C=C2C(=O)c3c(-c4ccc(N(C)C)cc4)ccc(-c4ccc(N(C)C)cc4)c3C2=O)cc1. The van der Waals surface area contributed by atoms with Gasteiger partial charge in [0.05, 0.1) is 5.57 Å². The number of fused-ring (bicyclic) bond motifs is 1. The van der Waals surface area contributed by atoms with Crippen LogP contribution in [0.15, 0.2) is 103 Å². The number of carbonyl (C=O) groups is 2. The van der Waals surface area contributed by atoms with E-state index in [0.717, 1.165) is 44.9 Å². The van der Waals surface area contributed by atoms with Crippen LogP contribution in [0.25, 0.3) is 28.3 Å². The Labute approximate surface area is 242 Å². The first-order valence-corrected chi connectivity index (χ1v) is 13.6. The Hall–Kier alpha value is -4.90. The lowest BCUT2D eigenvalue weighted by atomic mass is 9.90. The highest BCUT2D eigenvalue weighted by Gasteiger charge is 2.37. The molecule has 4 aromatic carbocycles. The van der Waals surface area contributed by atoms with Crippen molar-refractivity contribution in [3.8, 4) is 22.3 Å². The van der Waals surface area contributed by atoms with Gasteiger partial charge < -0.3 is 14.7 Å². The Morgan fingerprint density at radius 1 is 0.488 bits per heavy atom. The van der Waals surface area contributed by atoms with Gasteiger partial charge in [-0.15, -0.1) is 0 Å². The third kappa shape index (κ3) is 5.44. The van der Waals surface area contributed by atoms with Crippen LogP contribution in [0, 0.1) is 0 Å². The first-order valence-electron chi connectivity index (χ1n) is 13.6. The number of anilines is 3. The quantitative estimate of drug-likeness (QED) is 0.182. The summed E-state index contributed by atoms with van der Waals surface area (Å²) < 4.78 is 0. The van der Waals surface area contributed by atoms with E-state index < -0.39 is 0 Å². The monoisotopic (exact) mass is 541 g/mol. The Bertz CT molecular complexity index is 1570. The maximum atomic E-state index is 13.9. The number of benzene rings is 4. The molecule has 0 fully saturated rings. The number of hydrogen-bond acceptors (Lipinski definition) is 5. The van der Waals surface area contributed by atoms with Gasteiger partial charge >= 0.3 is 0 Å². The molecule has 0 heterocycles. The molecule has 0 saturated carbocycles. The van der Waals surface area contributed by atoms with E-state index in [-0.39, 0.29) is 17.1 Å². The topological polar surface area (TPSA) is 43.9 Å². The molecule has 0 aromatic heterocycles. The fraction of sp³-hybridized carbons (Fsp3) is 0.167. The van der Waals surface area contributed by atoms with Crippen LogP contribution < -0.4 is 14.7 Å². The van der Waals surface area contributed by atoms with E-state index in [4.69, 9.17) is 0 Å². The van der Waals surface area contributed by atoms with Gasteiger partial charge in [0.15, 0.2) is 11.6 Å². The van der Waals surface area contributed by atoms with Crippen molar-refractivity contribution in [2.45, 2.75) is 0 Å². The smallest absolute Gasteiger partial charge is 0.198 e. The van der Waals surface area contributed by atoms with E-state index in [0.29, 0.717) is 11.1 Å². The summed E-state index contributed by atoms with van der Waals surface area (Å²) in [4.78, 5) is 34.0. The molecule has 0 N–H and O–H groups in total. The van der Waals surface area contributed by atoms with Crippen LogP contribution in [0.3, 0.4) is 0 Å². The molecule has 41 heavy (non-hydrogen) atoms. The zero-order chi connectivity index (χ0) is 29.3. The Morgan fingerprint density at radius 2 is 0.854 bits per heavy atom. The fourth-order valence-corrected chi connectivity index (χ4v) is 5.10. The average molecular weight is 542 g/mol. The highest BCUT2D eigenvalue weighted by atomic mass is 16.2. The second-order valence-electron chi connectivity index (χ2n) is 10.9. The number of carbonyl (C=O) groups excluding carboxylic acids is 2. The van der Waals surface area contributed by atoms with Crippen LogP contribution in [-0.2, 0) is 0 Å². The Kier molecular flexibility index (Phi) is 7.62. The lowest BCUT2D eigenvalue weighted by molar-refractivity contribution is 0.0989. The van der Waals surface area contributed by atoms with Crippen molar-refractivity contribution in [3.05, 3.63) is 119 Å². The zero-order valence-electron chi connectivity index (χ0n) is 24.5. The second-order valence-corrected chi connectivity index (χ2v) is 10.9. The minimum Gasteiger partial charge on any atom is -0.378 e. The van der Waals surface area contributed by atoms with Gasteiger partial charge in [-0.1, -0.05) is 60.7 Å². The van der Waals surface area contributed by atoms with E-state index in [1.165, 1.54) is 0 Å². The summed E-state index contributed by atoms with van der Waals surface area (Å²) in [7, 11) is 12.0. The third-order valence-corrected chi connectivity index (χ3v) is 7.50. The third-order valence-electron chi connectivity index (χ3n) is 7.50. The molecule has 4 aromatic rings. The van der Waals surface area contributed by atoms with Crippen LogP contribution in [0.2, 0.25) is 0 Å². The summed E-state index contributed by atoms with van der Waals surface area (Å²) in [5.74, 6) is -0.480. The van der Waals surface area contributed by atoms with Crippen LogP contribution >= 0.6 is 0 Å². The maximum absolute atomic E-state index is 13.9. The van der Waals surface area contributed by atoms with Gasteiger partial charge in [-0.25, -0.2) is 0 Å². The average Bonchev–Trinajstić information content (AvgIpc) is 3.22. The zero-order valence-corrected chi connectivity index (χ0v) is 24.5. The highest BCUT2D eigenvalue weighted by Crippen LogP contribution is 2.41. The van der Waals surface area contributed by atoms with Crippen molar-refractivity contribution in [3.63, 3.8) is 0 Å². The van der Waals surface area contributed by atoms with E-state index >= 15 is 0 Å². The molecule has 5 heteroatoms. The van der Waals surface area contributed by atoms with Gasteiger partial charge in [0.2, 0.25) is 0 Å². The number of ketones is 2. The standard InChI is InChI=1S/C36H35N3O2/c1-37(2)27-16-10-24(11-17-27)8-7-9-32-35(40)33-30(25-12-18-28(19-13-25)38(3)4)22-23-31(34(33)36(32)41)26-14-20-29(21-15-26)39(5)6/h7-23H,1-6H3/b8-7+. The van der Waals surface area contributed by atoms with Crippen LogP contribution in [0.4, 0.5) is 17.1 Å². The van der Waals surface area contributed by atoms with Crippen molar-refractivity contribution < 1.29 is 9.59 Å². The Balaban J connectivity index is 1.59. The first-order chi connectivity index (χ1) is 19.7. The van der Waals surface area contributed by atoms with Crippen LogP contribution in [0.5, 0.6) is 0 Å². The minimum absolute atomic E-state index is 0.185. The van der Waals surface area contributed by atoms with E-state index in [1.54, 1.807) is 12.2 Å².